The van der Waals surface area contributed by atoms with E-state index in [0.717, 1.165) is 12.1 Å². The number of nitro benzene ring substituents is 1. The second-order valence-electron chi connectivity index (χ2n) is 5.35. The number of nitrogens with zero attached hydrogens (tertiary/aromatic N) is 3. The van der Waals surface area contributed by atoms with E-state index in [1.165, 1.54) is 36.4 Å². The van der Waals surface area contributed by atoms with Crippen molar-refractivity contribution in [3.05, 3.63) is 63.7 Å². The summed E-state index contributed by atoms with van der Waals surface area (Å²) in [5.41, 5.74) is -0.0547. The molecule has 3 rings (SSSR count). The van der Waals surface area contributed by atoms with E-state index in [4.69, 9.17) is 11.6 Å². The minimum Gasteiger partial charge on any atom is -0.507 e. The highest BCUT2D eigenvalue weighted by molar-refractivity contribution is 7.86. The number of phenolic OH excluding ortho intramolecular Hbond substituents is 1. The molecule has 0 radical (unpaired) electrons. The number of nitro groups is 1. The molecule has 0 heterocycles. The molecule has 138 valence electrons. The Morgan fingerprint density at radius 1 is 1.04 bits per heavy atom. The Morgan fingerprint density at radius 2 is 1.70 bits per heavy atom. The molecule has 0 aliphatic heterocycles. The predicted molar refractivity (Wildman–Crippen MR) is 97.7 cm³/mol. The summed E-state index contributed by atoms with van der Waals surface area (Å²) in [6, 6.07) is 10.2. The maximum Gasteiger partial charge on any atom is 0.295 e. The van der Waals surface area contributed by atoms with Crippen LogP contribution in [0.2, 0.25) is 5.02 Å². The molecule has 0 unspecified atom stereocenters. The molecule has 11 heteroatoms. The minimum atomic E-state index is -4.59. The van der Waals surface area contributed by atoms with Crippen LogP contribution in [0.4, 0.5) is 17.1 Å². The third kappa shape index (κ3) is 3.72. The molecule has 0 aliphatic rings. The molecule has 0 bridgehead atoms. The van der Waals surface area contributed by atoms with Crippen LogP contribution in [0.15, 0.2) is 63.7 Å². The minimum absolute atomic E-state index is 0.0222. The van der Waals surface area contributed by atoms with Crippen molar-refractivity contribution in [1.29, 1.82) is 0 Å². The standard InChI is InChI=1S/C16H10ClN3O6S/c17-11-8-9(20(22)23)4-5-12(11)18-19-13-6-7-14(21)10-2-1-3-15(16(10)13)27(24,25)26/h1-8,21H,(H,24,25,26). The van der Waals surface area contributed by atoms with Gasteiger partial charge in [-0.2, -0.15) is 8.42 Å². The van der Waals surface area contributed by atoms with Crippen molar-refractivity contribution in [1.82, 2.24) is 0 Å². The van der Waals surface area contributed by atoms with Crippen LogP contribution in [0.25, 0.3) is 10.8 Å². The van der Waals surface area contributed by atoms with E-state index in [2.05, 4.69) is 10.2 Å². The summed E-state index contributed by atoms with van der Waals surface area (Å²) in [7, 11) is -4.59. The summed E-state index contributed by atoms with van der Waals surface area (Å²) in [5, 5.41) is 28.6. The van der Waals surface area contributed by atoms with Crippen LogP contribution in [0.3, 0.4) is 0 Å². The number of hydrogen-bond donors (Lipinski definition) is 2. The van der Waals surface area contributed by atoms with Gasteiger partial charge in [-0.15, -0.1) is 10.2 Å². The first-order valence-corrected chi connectivity index (χ1v) is 9.08. The molecule has 0 saturated carbocycles. The number of aromatic hydroxyl groups is 1. The average molecular weight is 408 g/mol. The molecule has 0 amide bonds. The highest BCUT2D eigenvalue weighted by Crippen LogP contribution is 2.38. The Bertz CT molecular complexity index is 1210. The maximum atomic E-state index is 11.7. The van der Waals surface area contributed by atoms with Crippen LogP contribution >= 0.6 is 11.6 Å². The normalized spacial score (nSPS) is 11.9. The van der Waals surface area contributed by atoms with Gasteiger partial charge >= 0.3 is 0 Å². The van der Waals surface area contributed by atoms with Gasteiger partial charge in [0.25, 0.3) is 15.8 Å². The zero-order valence-electron chi connectivity index (χ0n) is 13.3. The van der Waals surface area contributed by atoms with Gasteiger partial charge in [0, 0.05) is 22.9 Å². The SMILES string of the molecule is O=[N+]([O-])c1ccc(N=Nc2ccc(O)c3cccc(S(=O)(=O)O)c23)c(Cl)c1. The zero-order valence-corrected chi connectivity index (χ0v) is 14.8. The van der Waals surface area contributed by atoms with Crippen molar-refractivity contribution in [3.8, 4) is 5.75 Å². The zero-order chi connectivity index (χ0) is 19.8. The van der Waals surface area contributed by atoms with Gasteiger partial charge in [-0.3, -0.25) is 14.7 Å². The van der Waals surface area contributed by atoms with Crippen molar-refractivity contribution < 1.29 is 23.0 Å². The van der Waals surface area contributed by atoms with Crippen molar-refractivity contribution >= 4 is 49.6 Å². The summed E-state index contributed by atoms with van der Waals surface area (Å²) in [5.74, 6) is -0.206. The van der Waals surface area contributed by atoms with Crippen LogP contribution in [-0.4, -0.2) is 23.0 Å². The summed E-state index contributed by atoms with van der Waals surface area (Å²) < 4.78 is 32.8. The van der Waals surface area contributed by atoms with E-state index < -0.39 is 19.9 Å². The first-order chi connectivity index (χ1) is 12.7. The van der Waals surface area contributed by atoms with Crippen LogP contribution in [0, 0.1) is 10.1 Å². The summed E-state index contributed by atoms with van der Waals surface area (Å²) in [4.78, 5) is 9.69. The molecule has 0 spiro atoms. The predicted octanol–water partition coefficient (Wildman–Crippen LogP) is 4.77. The Kier molecular flexibility index (Phi) is 4.79. The highest BCUT2D eigenvalue weighted by Gasteiger charge is 2.18. The first-order valence-electron chi connectivity index (χ1n) is 7.26. The quantitative estimate of drug-likeness (QED) is 0.276. The van der Waals surface area contributed by atoms with E-state index in [1.54, 1.807) is 0 Å². The molecule has 0 fully saturated rings. The molecule has 0 aliphatic carbocycles. The summed E-state index contributed by atoms with van der Waals surface area (Å²) in [6.07, 6.45) is 0. The number of non-ortho nitro benzene ring substituents is 1. The van der Waals surface area contributed by atoms with Crippen LogP contribution in [0.5, 0.6) is 5.75 Å². The third-order valence-corrected chi connectivity index (χ3v) is 4.84. The van der Waals surface area contributed by atoms with Crippen molar-refractivity contribution in [3.63, 3.8) is 0 Å². The number of azo groups is 1. The van der Waals surface area contributed by atoms with Crippen LogP contribution < -0.4 is 0 Å². The fourth-order valence-corrected chi connectivity index (χ4v) is 3.37. The number of phenols is 1. The number of fused-ring (bicyclic) bond motifs is 1. The molecule has 27 heavy (non-hydrogen) atoms. The van der Waals surface area contributed by atoms with Crippen LogP contribution in [-0.2, 0) is 10.1 Å². The molecule has 2 N–H and O–H groups in total. The number of hydrogen-bond acceptors (Lipinski definition) is 7. The monoisotopic (exact) mass is 407 g/mol. The van der Waals surface area contributed by atoms with Gasteiger partial charge in [-0.05, 0) is 24.3 Å². The van der Waals surface area contributed by atoms with Gasteiger partial charge in [0.2, 0.25) is 0 Å². The number of rotatable bonds is 4. The molecule has 0 atom stereocenters. The van der Waals surface area contributed by atoms with Gasteiger partial charge in [-0.25, -0.2) is 0 Å². The van der Waals surface area contributed by atoms with Gasteiger partial charge in [0.15, 0.2) is 0 Å². The smallest absolute Gasteiger partial charge is 0.295 e. The molecule has 3 aromatic rings. The van der Waals surface area contributed by atoms with Gasteiger partial charge in [0.05, 0.1) is 15.6 Å². The van der Waals surface area contributed by atoms with Crippen molar-refractivity contribution in [2.45, 2.75) is 4.90 Å². The van der Waals surface area contributed by atoms with Crippen LogP contribution in [0.1, 0.15) is 0 Å². The average Bonchev–Trinajstić information content (AvgIpc) is 2.61. The van der Waals surface area contributed by atoms with E-state index in [9.17, 15) is 28.2 Å². The summed E-state index contributed by atoms with van der Waals surface area (Å²) >= 11 is 5.95. The fourth-order valence-electron chi connectivity index (χ4n) is 2.44. The second kappa shape index (κ2) is 6.91. The van der Waals surface area contributed by atoms with E-state index >= 15 is 0 Å². The Hall–Kier alpha value is -3.08. The number of benzene rings is 3. The summed E-state index contributed by atoms with van der Waals surface area (Å²) in [6.45, 7) is 0. The van der Waals surface area contributed by atoms with Crippen molar-refractivity contribution in [2.75, 3.05) is 0 Å². The maximum absolute atomic E-state index is 11.7. The van der Waals surface area contributed by atoms with Gasteiger partial charge < -0.3 is 5.11 Å². The molecular formula is C16H10ClN3O6S. The topological polar surface area (TPSA) is 142 Å². The third-order valence-electron chi connectivity index (χ3n) is 3.64. The Labute approximate surface area is 157 Å². The molecule has 0 saturated heterocycles. The van der Waals surface area contributed by atoms with Gasteiger partial charge in [0.1, 0.15) is 16.3 Å². The van der Waals surface area contributed by atoms with E-state index in [0.29, 0.717) is 0 Å². The second-order valence-corrected chi connectivity index (χ2v) is 7.15. The first kappa shape index (κ1) is 18.7. The van der Waals surface area contributed by atoms with E-state index in [-0.39, 0.29) is 38.6 Å². The lowest BCUT2D eigenvalue weighted by molar-refractivity contribution is -0.384. The largest absolute Gasteiger partial charge is 0.507 e. The molecule has 9 nitrogen and oxygen atoms in total. The lowest BCUT2D eigenvalue weighted by atomic mass is 10.1. The van der Waals surface area contributed by atoms with Crippen molar-refractivity contribution in [2.24, 2.45) is 10.2 Å². The highest BCUT2D eigenvalue weighted by atomic mass is 35.5. The Balaban J connectivity index is 2.17. The lowest BCUT2D eigenvalue weighted by Gasteiger charge is -2.08. The van der Waals surface area contributed by atoms with Gasteiger partial charge in [-0.1, -0.05) is 23.7 Å². The lowest BCUT2D eigenvalue weighted by Crippen LogP contribution is -1.99. The fraction of sp³-hybridized carbons (Fsp3) is 0. The molecular weight excluding hydrogens is 398 g/mol. The Morgan fingerprint density at radius 3 is 2.33 bits per heavy atom. The molecule has 3 aromatic carbocycles. The molecule has 0 aromatic heterocycles. The van der Waals surface area contributed by atoms with E-state index in [1.807, 2.05) is 0 Å². The number of halogens is 1.